The maximum Gasteiger partial charge on any atom is 0.300 e. The van der Waals surface area contributed by atoms with Gasteiger partial charge in [0, 0.05) is 32.6 Å². The number of halogens is 3. The molecule has 0 heterocycles. The lowest BCUT2D eigenvalue weighted by atomic mass is 9.70. The van der Waals surface area contributed by atoms with Crippen molar-refractivity contribution in [2.75, 3.05) is 0 Å². The maximum atomic E-state index is 12.4. The molecule has 2 N–H and O–H groups in total. The summed E-state index contributed by atoms with van der Waals surface area (Å²) in [6, 6.07) is 75.7. The molecule has 0 fully saturated rings. The van der Waals surface area contributed by atoms with Gasteiger partial charge in [-0.25, -0.2) is 0 Å². The molecule has 3 nitrogen and oxygen atoms in total. The van der Waals surface area contributed by atoms with Gasteiger partial charge in [0.1, 0.15) is 5.60 Å². The molecule has 0 aliphatic heterocycles. The van der Waals surface area contributed by atoms with Crippen molar-refractivity contribution in [2.45, 2.75) is 17.9 Å². The van der Waals surface area contributed by atoms with E-state index in [1.54, 1.807) is 0 Å². The Morgan fingerprint density at radius 2 is 0.742 bits per heavy atom. The van der Waals surface area contributed by atoms with E-state index in [1.165, 1.54) is 66.1 Å². The van der Waals surface area contributed by atoms with E-state index in [1.807, 2.05) is 42.5 Å². The van der Waals surface area contributed by atoms with Gasteiger partial charge in [-0.05, 0) is 131 Å². The van der Waals surface area contributed by atoms with Gasteiger partial charge in [-0.3, -0.25) is 4.79 Å². The summed E-state index contributed by atoms with van der Waals surface area (Å²) in [5.41, 5.74) is 16.5. The molecule has 0 radical (unpaired) electrons. The van der Waals surface area contributed by atoms with Crippen molar-refractivity contribution in [1.29, 1.82) is 0 Å². The van der Waals surface area contributed by atoms with Crippen LogP contribution in [0.2, 0.25) is 0 Å². The standard InChI is InChI=1S/C29H19BrO.C29H17Br.C2H4O2.ClH/c30-22-15-16-28-25(18-22)24-10-4-6-12-27(24)29(28,31)26-11-5-3-9-23(26)21-14-13-19-7-1-2-8-20(19)17-21;30-20-13-14-27-24(17-20)22-10-4-6-12-26(22)29(27)25-11-5-3-9-21(25)23-15-18-7-1-2-8-19(18)16-28(23)29;1-2(3)4;/h1-18,31H;1-17H;1H3,(H,3,4);1H. The van der Waals surface area contributed by atoms with Gasteiger partial charge < -0.3 is 10.2 Å². The van der Waals surface area contributed by atoms with Gasteiger partial charge in [-0.15, -0.1) is 12.4 Å². The van der Waals surface area contributed by atoms with Gasteiger partial charge >= 0.3 is 0 Å². The van der Waals surface area contributed by atoms with E-state index >= 15 is 0 Å². The van der Waals surface area contributed by atoms with Crippen molar-refractivity contribution < 1.29 is 15.0 Å². The summed E-state index contributed by atoms with van der Waals surface area (Å²) in [6.07, 6.45) is 0. The molecule has 6 heteroatoms. The SMILES string of the molecule is Brc1ccc2c(c1)-c1ccccc1C21c2ccccc2-c2cc3ccccc3cc21.CC(=O)O.Cl.OC1(c2ccccc2-c2ccc3ccccc3c2)c2ccccc2-c2cc(Br)ccc21. The summed E-state index contributed by atoms with van der Waals surface area (Å²) in [7, 11) is 0. The highest BCUT2D eigenvalue weighted by molar-refractivity contribution is 9.10. The molecule has 66 heavy (non-hydrogen) atoms. The molecule has 320 valence electrons. The van der Waals surface area contributed by atoms with Crippen LogP contribution in [0.3, 0.4) is 0 Å². The highest BCUT2D eigenvalue weighted by Crippen LogP contribution is 2.63. The third kappa shape index (κ3) is 6.76. The first-order chi connectivity index (χ1) is 31.7. The Hall–Kier alpha value is -6.60. The Morgan fingerprint density at radius 3 is 1.32 bits per heavy atom. The topological polar surface area (TPSA) is 57.5 Å². The molecule has 0 saturated heterocycles. The molecule has 1 spiro atoms. The fraction of sp³-hybridized carbons (Fsp3) is 0.0500. The number of carbonyl (C=O) groups is 1. The lowest BCUT2D eigenvalue weighted by Crippen LogP contribution is -2.27. The minimum atomic E-state index is -1.21. The molecule has 0 saturated carbocycles. The van der Waals surface area contributed by atoms with E-state index in [-0.39, 0.29) is 17.8 Å². The van der Waals surface area contributed by atoms with Gasteiger partial charge in [-0.1, -0.05) is 202 Å². The van der Waals surface area contributed by atoms with Crippen LogP contribution in [-0.2, 0) is 15.8 Å². The molecule has 0 bridgehead atoms. The first-order valence-corrected chi connectivity index (χ1v) is 23.2. The van der Waals surface area contributed by atoms with E-state index in [9.17, 15) is 5.11 Å². The highest BCUT2D eigenvalue weighted by Gasteiger charge is 2.51. The van der Waals surface area contributed by atoms with Crippen LogP contribution < -0.4 is 0 Å². The molecule has 10 aromatic rings. The summed E-state index contributed by atoms with van der Waals surface area (Å²) in [4.78, 5) is 9.00. The first-order valence-electron chi connectivity index (χ1n) is 21.6. The predicted molar refractivity (Wildman–Crippen MR) is 280 cm³/mol. The summed E-state index contributed by atoms with van der Waals surface area (Å²) in [5.74, 6) is -0.833. The summed E-state index contributed by atoms with van der Waals surface area (Å²) >= 11 is 7.31. The second kappa shape index (κ2) is 17.0. The number of rotatable bonds is 2. The van der Waals surface area contributed by atoms with E-state index in [4.69, 9.17) is 9.90 Å². The smallest absolute Gasteiger partial charge is 0.300 e. The van der Waals surface area contributed by atoms with E-state index in [2.05, 4.69) is 202 Å². The molecular formula is C60H41Br2ClO3. The van der Waals surface area contributed by atoms with Crippen LogP contribution >= 0.6 is 44.3 Å². The molecule has 2 unspecified atom stereocenters. The zero-order valence-electron chi connectivity index (χ0n) is 35.7. The molecule has 13 rings (SSSR count). The number of fused-ring (bicyclic) bond motifs is 15. The van der Waals surface area contributed by atoms with Crippen molar-refractivity contribution in [2.24, 2.45) is 0 Å². The van der Waals surface area contributed by atoms with Crippen molar-refractivity contribution in [3.63, 3.8) is 0 Å². The lowest BCUT2D eigenvalue weighted by Gasteiger charge is -2.30. The third-order valence-electron chi connectivity index (χ3n) is 13.3. The Labute approximate surface area is 406 Å². The maximum absolute atomic E-state index is 12.4. The average Bonchev–Trinajstić information content (AvgIpc) is 3.89. The number of hydrogen-bond donors (Lipinski definition) is 2. The van der Waals surface area contributed by atoms with Crippen molar-refractivity contribution >= 4 is 71.8 Å². The highest BCUT2D eigenvalue weighted by atomic mass is 79.9. The zero-order valence-corrected chi connectivity index (χ0v) is 39.7. The zero-order chi connectivity index (χ0) is 44.5. The first kappa shape index (κ1) is 43.3. The van der Waals surface area contributed by atoms with Crippen molar-refractivity contribution in [3.8, 4) is 44.5 Å². The normalized spacial score (nSPS) is 16.3. The molecule has 2 atom stereocenters. The molecular weight excluding hydrogens is 964 g/mol. The van der Waals surface area contributed by atoms with Gasteiger partial charge in [0.15, 0.2) is 0 Å². The molecule has 0 amide bonds. The van der Waals surface area contributed by atoms with Crippen LogP contribution in [0, 0.1) is 0 Å². The second-order valence-corrected chi connectivity index (χ2v) is 18.7. The van der Waals surface area contributed by atoms with Crippen molar-refractivity contribution in [1.82, 2.24) is 0 Å². The van der Waals surface area contributed by atoms with Crippen LogP contribution in [-0.4, -0.2) is 16.2 Å². The Morgan fingerprint density at radius 1 is 0.379 bits per heavy atom. The number of benzene rings is 10. The van der Waals surface area contributed by atoms with Gasteiger partial charge in [0.05, 0.1) is 5.41 Å². The number of aliphatic carboxylic acids is 1. The Balaban J connectivity index is 0.000000142. The molecule has 3 aliphatic rings. The Kier molecular flexibility index (Phi) is 11.2. The monoisotopic (exact) mass is 1000 g/mol. The van der Waals surface area contributed by atoms with E-state index in [0.717, 1.165) is 54.8 Å². The minimum Gasteiger partial charge on any atom is -0.481 e. The van der Waals surface area contributed by atoms with Gasteiger partial charge in [0.2, 0.25) is 0 Å². The summed E-state index contributed by atoms with van der Waals surface area (Å²) in [5, 5.41) is 24.8. The second-order valence-electron chi connectivity index (χ2n) is 16.8. The number of carboxylic acid groups (broad SMARTS) is 1. The van der Waals surface area contributed by atoms with E-state index in [0.29, 0.717) is 0 Å². The molecule has 0 aromatic heterocycles. The number of aliphatic hydroxyl groups is 1. The minimum absolute atomic E-state index is 0. The average molecular weight is 1010 g/mol. The van der Waals surface area contributed by atoms with Crippen molar-refractivity contribution in [3.05, 3.63) is 260 Å². The molecule has 10 aromatic carbocycles. The van der Waals surface area contributed by atoms with Gasteiger partial charge in [0.25, 0.3) is 5.97 Å². The summed E-state index contributed by atoms with van der Waals surface area (Å²) in [6.45, 7) is 1.08. The van der Waals surface area contributed by atoms with Crippen LogP contribution in [0.4, 0.5) is 0 Å². The van der Waals surface area contributed by atoms with Gasteiger partial charge in [-0.2, -0.15) is 0 Å². The number of hydrogen-bond acceptors (Lipinski definition) is 2. The van der Waals surface area contributed by atoms with Crippen LogP contribution in [0.25, 0.3) is 66.1 Å². The molecule has 3 aliphatic carbocycles. The Bertz CT molecular complexity index is 3560. The van der Waals surface area contributed by atoms with Crippen LogP contribution in [0.5, 0.6) is 0 Å². The quantitative estimate of drug-likeness (QED) is 0.181. The number of carboxylic acids is 1. The fourth-order valence-corrected chi connectivity index (χ4v) is 11.5. The van der Waals surface area contributed by atoms with Crippen LogP contribution in [0.15, 0.2) is 221 Å². The third-order valence-corrected chi connectivity index (χ3v) is 14.3. The van der Waals surface area contributed by atoms with Crippen LogP contribution in [0.1, 0.15) is 45.9 Å². The lowest BCUT2D eigenvalue weighted by molar-refractivity contribution is -0.134. The largest absolute Gasteiger partial charge is 0.481 e. The summed E-state index contributed by atoms with van der Waals surface area (Å²) < 4.78 is 2.13. The fourth-order valence-electron chi connectivity index (χ4n) is 10.7. The van der Waals surface area contributed by atoms with E-state index < -0.39 is 11.6 Å². The predicted octanol–water partition coefficient (Wildman–Crippen LogP) is 16.0.